The maximum Gasteiger partial charge on any atom is 0.212 e. The highest BCUT2D eigenvalue weighted by Gasteiger charge is 2.30. The van der Waals surface area contributed by atoms with Crippen LogP contribution in [0.5, 0.6) is 0 Å². The minimum atomic E-state index is -3.70. The second-order valence-corrected chi connectivity index (χ2v) is 8.60. The SMILES string of the molecule is CNc1[nH]c2c(C3CCCCC3)ncnc2c1S(=O)(=O)c1ccccc1. The molecule has 136 valence electrons. The summed E-state index contributed by atoms with van der Waals surface area (Å²) in [4.78, 5) is 12.5. The Morgan fingerprint density at radius 3 is 2.50 bits per heavy atom. The van der Waals surface area contributed by atoms with E-state index >= 15 is 0 Å². The van der Waals surface area contributed by atoms with Crippen LogP contribution < -0.4 is 5.32 Å². The number of aromatic amines is 1. The lowest BCUT2D eigenvalue weighted by atomic mass is 9.86. The van der Waals surface area contributed by atoms with Crippen LogP contribution in [0.2, 0.25) is 0 Å². The smallest absolute Gasteiger partial charge is 0.212 e. The molecule has 4 rings (SSSR count). The predicted octanol–water partition coefficient (Wildman–Crippen LogP) is 3.88. The Hall–Kier alpha value is -2.41. The fourth-order valence-corrected chi connectivity index (χ4v) is 5.42. The van der Waals surface area contributed by atoms with Crippen LogP contribution in [0.4, 0.5) is 5.82 Å². The number of hydrogen-bond donors (Lipinski definition) is 2. The van der Waals surface area contributed by atoms with E-state index in [9.17, 15) is 8.42 Å². The van der Waals surface area contributed by atoms with Crippen LogP contribution in [0.3, 0.4) is 0 Å². The number of hydrogen-bond acceptors (Lipinski definition) is 5. The van der Waals surface area contributed by atoms with Crippen LogP contribution in [-0.2, 0) is 9.84 Å². The quantitative estimate of drug-likeness (QED) is 0.728. The van der Waals surface area contributed by atoms with E-state index in [-0.39, 0.29) is 9.79 Å². The molecule has 0 saturated heterocycles. The standard InChI is InChI=1S/C19H22N4O2S/c1-20-19-18(26(24,25)14-10-6-3-7-11-14)17-16(23-19)15(21-12-22-17)13-8-4-2-5-9-13/h3,6-7,10-13,20,23H,2,4-5,8-9H2,1H3. The number of H-pyrrole nitrogens is 1. The third-order valence-electron chi connectivity index (χ3n) is 5.13. The summed E-state index contributed by atoms with van der Waals surface area (Å²) in [6.07, 6.45) is 7.28. The molecule has 2 aromatic heterocycles. The van der Waals surface area contributed by atoms with Gasteiger partial charge in [-0.1, -0.05) is 37.5 Å². The molecule has 6 nitrogen and oxygen atoms in total. The van der Waals surface area contributed by atoms with Gasteiger partial charge in [-0.15, -0.1) is 0 Å². The van der Waals surface area contributed by atoms with Gasteiger partial charge in [0, 0.05) is 13.0 Å². The van der Waals surface area contributed by atoms with Gasteiger partial charge >= 0.3 is 0 Å². The molecule has 0 atom stereocenters. The lowest BCUT2D eigenvalue weighted by molar-refractivity contribution is 0.438. The lowest BCUT2D eigenvalue weighted by Crippen LogP contribution is -2.08. The van der Waals surface area contributed by atoms with Crippen LogP contribution in [-0.4, -0.2) is 30.4 Å². The number of sulfone groups is 1. The zero-order valence-corrected chi connectivity index (χ0v) is 15.5. The highest BCUT2D eigenvalue weighted by atomic mass is 32.2. The summed E-state index contributed by atoms with van der Waals surface area (Å²) in [6.45, 7) is 0. The van der Waals surface area contributed by atoms with Crippen LogP contribution >= 0.6 is 0 Å². The number of nitrogens with zero attached hydrogens (tertiary/aromatic N) is 2. The summed E-state index contributed by atoms with van der Waals surface area (Å²) in [7, 11) is -1.99. The second-order valence-electron chi connectivity index (χ2n) is 6.71. The summed E-state index contributed by atoms with van der Waals surface area (Å²) >= 11 is 0. The highest BCUT2D eigenvalue weighted by Crippen LogP contribution is 2.39. The van der Waals surface area contributed by atoms with Crippen molar-refractivity contribution in [3.05, 3.63) is 42.4 Å². The monoisotopic (exact) mass is 370 g/mol. The second kappa shape index (κ2) is 6.72. The summed E-state index contributed by atoms with van der Waals surface area (Å²) in [5, 5.41) is 2.99. The Bertz CT molecular complexity index is 1020. The maximum absolute atomic E-state index is 13.3. The molecule has 2 heterocycles. The first-order chi connectivity index (χ1) is 12.6. The molecule has 0 amide bonds. The van der Waals surface area contributed by atoms with E-state index in [0.29, 0.717) is 17.3 Å². The fraction of sp³-hybridized carbons (Fsp3) is 0.368. The van der Waals surface area contributed by atoms with Gasteiger partial charge in [-0.3, -0.25) is 0 Å². The number of benzene rings is 1. The topological polar surface area (TPSA) is 87.7 Å². The van der Waals surface area contributed by atoms with Gasteiger partial charge in [-0.05, 0) is 25.0 Å². The van der Waals surface area contributed by atoms with Gasteiger partial charge in [0.05, 0.1) is 16.1 Å². The maximum atomic E-state index is 13.3. The van der Waals surface area contributed by atoms with Crippen molar-refractivity contribution in [1.82, 2.24) is 15.0 Å². The molecule has 0 radical (unpaired) electrons. The van der Waals surface area contributed by atoms with Crippen molar-refractivity contribution in [3.8, 4) is 0 Å². The Morgan fingerprint density at radius 2 is 1.81 bits per heavy atom. The number of nitrogens with one attached hydrogen (secondary N) is 2. The molecule has 3 aromatic rings. The Balaban J connectivity index is 1.93. The van der Waals surface area contributed by atoms with Gasteiger partial charge in [0.25, 0.3) is 0 Å². The first-order valence-corrected chi connectivity index (χ1v) is 10.5. The van der Waals surface area contributed by atoms with E-state index in [2.05, 4.69) is 20.3 Å². The Morgan fingerprint density at radius 1 is 1.08 bits per heavy atom. The zero-order chi connectivity index (χ0) is 18.1. The number of fused-ring (bicyclic) bond motifs is 1. The van der Waals surface area contributed by atoms with Gasteiger partial charge < -0.3 is 10.3 Å². The van der Waals surface area contributed by atoms with Crippen LogP contribution in [0.1, 0.15) is 43.7 Å². The molecule has 7 heteroatoms. The first kappa shape index (κ1) is 17.0. The fourth-order valence-electron chi connectivity index (χ4n) is 3.84. The average Bonchev–Trinajstić information content (AvgIpc) is 3.09. The van der Waals surface area contributed by atoms with E-state index in [4.69, 9.17) is 0 Å². The number of aromatic nitrogens is 3. The summed E-state index contributed by atoms with van der Waals surface area (Å²) in [5.41, 5.74) is 2.13. The molecule has 0 aliphatic heterocycles. The molecule has 1 aromatic carbocycles. The van der Waals surface area contributed by atoms with Crippen LogP contribution in [0.15, 0.2) is 46.5 Å². The summed E-state index contributed by atoms with van der Waals surface area (Å²) in [5.74, 6) is 0.811. The normalized spacial score (nSPS) is 16.0. The molecule has 0 bridgehead atoms. The highest BCUT2D eigenvalue weighted by molar-refractivity contribution is 7.92. The van der Waals surface area contributed by atoms with Crippen molar-refractivity contribution in [3.63, 3.8) is 0 Å². The first-order valence-electron chi connectivity index (χ1n) is 8.97. The zero-order valence-electron chi connectivity index (χ0n) is 14.7. The summed E-state index contributed by atoms with van der Waals surface area (Å²) < 4.78 is 26.5. The van der Waals surface area contributed by atoms with E-state index in [0.717, 1.165) is 24.1 Å². The van der Waals surface area contributed by atoms with Crippen molar-refractivity contribution in [2.24, 2.45) is 0 Å². The minimum Gasteiger partial charge on any atom is -0.374 e. The lowest BCUT2D eigenvalue weighted by Gasteiger charge is -2.21. The van der Waals surface area contributed by atoms with E-state index < -0.39 is 9.84 Å². The largest absolute Gasteiger partial charge is 0.374 e. The van der Waals surface area contributed by atoms with Crippen molar-refractivity contribution in [2.45, 2.75) is 47.8 Å². The Labute approximate surface area is 153 Å². The van der Waals surface area contributed by atoms with E-state index in [1.165, 1.54) is 25.6 Å². The van der Waals surface area contributed by atoms with Crippen molar-refractivity contribution in [1.29, 1.82) is 0 Å². The molecule has 2 N–H and O–H groups in total. The number of rotatable bonds is 4. The van der Waals surface area contributed by atoms with Gasteiger partial charge in [0.15, 0.2) is 0 Å². The van der Waals surface area contributed by atoms with Crippen molar-refractivity contribution >= 4 is 26.7 Å². The third-order valence-corrected chi connectivity index (χ3v) is 6.96. The van der Waals surface area contributed by atoms with Gasteiger partial charge in [0.1, 0.15) is 22.6 Å². The van der Waals surface area contributed by atoms with Crippen molar-refractivity contribution in [2.75, 3.05) is 12.4 Å². The molecular formula is C19H22N4O2S. The van der Waals surface area contributed by atoms with E-state index in [1.54, 1.807) is 37.4 Å². The molecular weight excluding hydrogens is 348 g/mol. The molecule has 26 heavy (non-hydrogen) atoms. The van der Waals surface area contributed by atoms with Crippen LogP contribution in [0, 0.1) is 0 Å². The average molecular weight is 370 g/mol. The molecule has 1 aliphatic rings. The molecule has 0 unspecified atom stereocenters. The van der Waals surface area contributed by atoms with Crippen molar-refractivity contribution < 1.29 is 8.42 Å². The van der Waals surface area contributed by atoms with E-state index in [1.807, 2.05) is 0 Å². The minimum absolute atomic E-state index is 0.195. The van der Waals surface area contributed by atoms with Gasteiger partial charge in [-0.25, -0.2) is 18.4 Å². The van der Waals surface area contributed by atoms with Gasteiger partial charge in [-0.2, -0.15) is 0 Å². The summed E-state index contributed by atoms with van der Waals surface area (Å²) in [6, 6.07) is 8.47. The molecule has 1 aliphatic carbocycles. The predicted molar refractivity (Wildman–Crippen MR) is 101 cm³/mol. The Kier molecular flexibility index (Phi) is 4.40. The molecule has 1 fully saturated rings. The number of anilines is 1. The molecule has 1 saturated carbocycles. The van der Waals surface area contributed by atoms with Crippen LogP contribution in [0.25, 0.3) is 11.0 Å². The van der Waals surface area contributed by atoms with Gasteiger partial charge in [0.2, 0.25) is 9.84 Å². The third kappa shape index (κ3) is 2.76. The molecule has 0 spiro atoms.